The largest absolute Gasteiger partial charge is 0.331 e. The van der Waals surface area contributed by atoms with Crippen molar-refractivity contribution in [1.29, 1.82) is 0 Å². The van der Waals surface area contributed by atoms with Crippen molar-refractivity contribution >= 4 is 26.9 Å². The normalized spacial score (nSPS) is 19.3. The predicted octanol–water partition coefficient (Wildman–Crippen LogP) is 3.35. The summed E-state index contributed by atoms with van der Waals surface area (Å²) in [5.41, 5.74) is 0. The topological polar surface area (TPSA) is 55.7 Å². The molecule has 6 heteroatoms. The van der Waals surface area contributed by atoms with Crippen molar-refractivity contribution in [2.45, 2.75) is 51.2 Å². The molecule has 0 amide bonds. The molecule has 1 aliphatic rings. The first-order valence-corrected chi connectivity index (χ1v) is 8.48. The SMILES string of the molecule is CCCCC(CCC)S(=O)(=O)O/N=C1\C=C[C]S1. The molecule has 1 aliphatic heterocycles. The fourth-order valence-electron chi connectivity index (χ4n) is 1.62. The van der Waals surface area contributed by atoms with Gasteiger partial charge in [0, 0.05) is 0 Å². The van der Waals surface area contributed by atoms with Crippen molar-refractivity contribution < 1.29 is 12.7 Å². The maximum atomic E-state index is 12.0. The van der Waals surface area contributed by atoms with Gasteiger partial charge in [-0.1, -0.05) is 56.1 Å². The molecule has 0 aromatic carbocycles. The summed E-state index contributed by atoms with van der Waals surface area (Å²) in [5.74, 6) is 2.83. The van der Waals surface area contributed by atoms with Gasteiger partial charge in [-0.05, 0) is 18.9 Å². The number of thioether (sulfide) groups is 1. The van der Waals surface area contributed by atoms with Gasteiger partial charge in [-0.15, -0.1) is 0 Å². The number of oxime groups is 1. The van der Waals surface area contributed by atoms with E-state index in [4.69, 9.17) is 4.28 Å². The fourth-order valence-corrected chi connectivity index (χ4v) is 3.42. The van der Waals surface area contributed by atoms with E-state index in [1.807, 2.05) is 13.8 Å². The smallest absolute Gasteiger partial charge is 0.267 e. The van der Waals surface area contributed by atoms with Crippen LogP contribution in [0.2, 0.25) is 0 Å². The van der Waals surface area contributed by atoms with Gasteiger partial charge in [0.05, 0.1) is 11.0 Å². The Morgan fingerprint density at radius 1 is 1.39 bits per heavy atom. The molecular weight excluding hydrogens is 270 g/mol. The highest BCUT2D eigenvalue weighted by Crippen LogP contribution is 2.21. The van der Waals surface area contributed by atoms with Gasteiger partial charge in [-0.3, -0.25) is 4.28 Å². The lowest BCUT2D eigenvalue weighted by molar-refractivity contribution is 0.328. The molecule has 0 aromatic rings. The minimum Gasteiger partial charge on any atom is -0.267 e. The standard InChI is InChI=1S/C12H19NO3S2/c1-3-5-8-11(7-4-2)18(14,15)16-13-12-9-6-10-17-12/h6,9,11H,3-5,7-8H2,1-2H3/b13-12+. The lowest BCUT2D eigenvalue weighted by Crippen LogP contribution is -2.22. The monoisotopic (exact) mass is 289 g/mol. The molecule has 0 aromatic heterocycles. The van der Waals surface area contributed by atoms with Crippen LogP contribution in [0.1, 0.15) is 46.0 Å². The third kappa shape index (κ3) is 5.02. The second-order valence-electron chi connectivity index (χ2n) is 4.10. The van der Waals surface area contributed by atoms with Crippen molar-refractivity contribution in [2.24, 2.45) is 5.16 Å². The quantitative estimate of drug-likeness (QED) is 0.643. The van der Waals surface area contributed by atoms with Gasteiger partial charge in [-0.25, -0.2) is 0 Å². The zero-order chi connectivity index (χ0) is 13.4. The van der Waals surface area contributed by atoms with E-state index in [1.54, 1.807) is 12.2 Å². The van der Waals surface area contributed by atoms with Gasteiger partial charge in [0.25, 0.3) is 0 Å². The Labute approximate surface area is 114 Å². The minimum absolute atomic E-state index is 0.449. The Bertz CT molecular complexity index is 402. The first kappa shape index (κ1) is 15.6. The zero-order valence-electron chi connectivity index (χ0n) is 10.8. The van der Waals surface area contributed by atoms with Gasteiger partial charge in [0.1, 0.15) is 5.04 Å². The molecule has 1 atom stereocenters. The Balaban J connectivity index is 2.62. The van der Waals surface area contributed by atoms with E-state index in [9.17, 15) is 8.42 Å². The summed E-state index contributed by atoms with van der Waals surface area (Å²) in [6, 6.07) is 0. The number of rotatable bonds is 8. The van der Waals surface area contributed by atoms with Crippen LogP contribution in [0.25, 0.3) is 0 Å². The molecular formula is C12H19NO3S2. The van der Waals surface area contributed by atoms with Crippen LogP contribution < -0.4 is 0 Å². The molecule has 4 nitrogen and oxygen atoms in total. The molecule has 1 rings (SSSR count). The van der Waals surface area contributed by atoms with E-state index < -0.39 is 15.4 Å². The first-order valence-electron chi connectivity index (χ1n) is 6.19. The number of hydrogen-bond acceptors (Lipinski definition) is 5. The van der Waals surface area contributed by atoms with Crippen LogP contribution in [0.5, 0.6) is 0 Å². The maximum Gasteiger partial charge on any atom is 0.331 e. The second kappa shape index (κ2) is 7.84. The zero-order valence-corrected chi connectivity index (χ0v) is 12.4. The molecule has 0 aliphatic carbocycles. The summed E-state index contributed by atoms with van der Waals surface area (Å²) >= 11 is 1.23. The Morgan fingerprint density at radius 3 is 2.72 bits per heavy atom. The highest BCUT2D eigenvalue weighted by molar-refractivity contribution is 8.16. The molecule has 0 bridgehead atoms. The fraction of sp³-hybridized carbons (Fsp3) is 0.667. The van der Waals surface area contributed by atoms with Gasteiger partial charge in [0.15, 0.2) is 0 Å². The Hall–Kier alpha value is -0.490. The average molecular weight is 289 g/mol. The summed E-state index contributed by atoms with van der Waals surface area (Å²) < 4.78 is 28.8. The van der Waals surface area contributed by atoms with Crippen molar-refractivity contribution in [3.63, 3.8) is 0 Å². The first-order chi connectivity index (χ1) is 8.60. The van der Waals surface area contributed by atoms with Crippen LogP contribution in [-0.2, 0) is 14.4 Å². The molecule has 2 radical (unpaired) electrons. The van der Waals surface area contributed by atoms with E-state index in [0.717, 1.165) is 19.3 Å². The van der Waals surface area contributed by atoms with Gasteiger partial charge < -0.3 is 0 Å². The van der Waals surface area contributed by atoms with E-state index in [1.165, 1.54) is 11.8 Å². The Morgan fingerprint density at radius 2 is 2.17 bits per heavy atom. The summed E-state index contributed by atoms with van der Waals surface area (Å²) in [6.45, 7) is 4.02. The number of unbranched alkanes of at least 4 members (excludes halogenated alkanes) is 1. The molecule has 0 fully saturated rings. The third-order valence-electron chi connectivity index (χ3n) is 2.59. The van der Waals surface area contributed by atoms with Gasteiger partial charge in [-0.2, -0.15) is 8.42 Å². The lowest BCUT2D eigenvalue weighted by atomic mass is 10.1. The highest BCUT2D eigenvalue weighted by Gasteiger charge is 2.26. The molecule has 0 spiro atoms. The van der Waals surface area contributed by atoms with Crippen molar-refractivity contribution in [1.82, 2.24) is 0 Å². The molecule has 1 heterocycles. The van der Waals surface area contributed by atoms with E-state index >= 15 is 0 Å². The number of nitrogens with zero attached hydrogens (tertiary/aromatic N) is 1. The summed E-state index contributed by atoms with van der Waals surface area (Å²) in [4.78, 5) is 0. The molecule has 0 saturated carbocycles. The molecule has 0 saturated heterocycles. The van der Waals surface area contributed by atoms with Crippen molar-refractivity contribution in [2.75, 3.05) is 0 Å². The van der Waals surface area contributed by atoms with E-state index in [0.29, 0.717) is 17.9 Å². The minimum atomic E-state index is -3.61. The van der Waals surface area contributed by atoms with Crippen molar-refractivity contribution in [3.8, 4) is 0 Å². The predicted molar refractivity (Wildman–Crippen MR) is 75.6 cm³/mol. The van der Waals surface area contributed by atoms with E-state index in [-0.39, 0.29) is 0 Å². The molecule has 0 N–H and O–H groups in total. The van der Waals surface area contributed by atoms with Crippen LogP contribution in [0.15, 0.2) is 17.3 Å². The van der Waals surface area contributed by atoms with Crippen LogP contribution in [0.4, 0.5) is 0 Å². The molecule has 102 valence electrons. The third-order valence-corrected chi connectivity index (χ3v) is 4.83. The van der Waals surface area contributed by atoms with Crippen molar-refractivity contribution in [3.05, 3.63) is 17.9 Å². The Kier molecular flexibility index (Phi) is 6.78. The highest BCUT2D eigenvalue weighted by atomic mass is 32.2. The molecule has 1 unspecified atom stereocenters. The van der Waals surface area contributed by atoms with Crippen LogP contribution in [0, 0.1) is 5.75 Å². The second-order valence-corrected chi connectivity index (χ2v) is 6.76. The maximum absolute atomic E-state index is 12.0. The van der Waals surface area contributed by atoms with Crippen LogP contribution >= 0.6 is 11.8 Å². The van der Waals surface area contributed by atoms with E-state index in [2.05, 4.69) is 10.9 Å². The summed E-state index contributed by atoms with van der Waals surface area (Å²) in [7, 11) is -3.61. The summed E-state index contributed by atoms with van der Waals surface area (Å²) in [5, 5.41) is 3.72. The summed E-state index contributed by atoms with van der Waals surface area (Å²) in [6.07, 6.45) is 7.30. The molecule has 18 heavy (non-hydrogen) atoms. The average Bonchev–Trinajstić information content (AvgIpc) is 2.85. The van der Waals surface area contributed by atoms with Crippen LogP contribution in [0.3, 0.4) is 0 Å². The van der Waals surface area contributed by atoms with Crippen LogP contribution in [-0.4, -0.2) is 18.7 Å². The lowest BCUT2D eigenvalue weighted by Gasteiger charge is -2.14. The van der Waals surface area contributed by atoms with Gasteiger partial charge in [0.2, 0.25) is 0 Å². The number of hydrogen-bond donors (Lipinski definition) is 0. The van der Waals surface area contributed by atoms with Gasteiger partial charge >= 0.3 is 10.1 Å².